The summed E-state index contributed by atoms with van der Waals surface area (Å²) in [6.07, 6.45) is 3.73. The van der Waals surface area contributed by atoms with E-state index < -0.39 is 0 Å². The van der Waals surface area contributed by atoms with Gasteiger partial charge >= 0.3 is 0 Å². The summed E-state index contributed by atoms with van der Waals surface area (Å²) in [7, 11) is 1.96. The lowest BCUT2D eigenvalue weighted by molar-refractivity contribution is -0.0730. The molecule has 4 nitrogen and oxygen atoms in total. The van der Waals surface area contributed by atoms with E-state index in [-0.39, 0.29) is 11.5 Å². The third-order valence-corrected chi connectivity index (χ3v) is 4.08. The molecule has 2 N–H and O–H groups in total. The van der Waals surface area contributed by atoms with Gasteiger partial charge in [-0.15, -0.1) is 0 Å². The van der Waals surface area contributed by atoms with E-state index in [2.05, 4.69) is 37.4 Å². The largest absolute Gasteiger partial charge is 0.392 e. The Hall–Kier alpha value is -0.870. The van der Waals surface area contributed by atoms with Gasteiger partial charge in [-0.25, -0.2) is 0 Å². The molecule has 0 amide bonds. The quantitative estimate of drug-likeness (QED) is 0.828. The van der Waals surface area contributed by atoms with Crippen LogP contribution in [0.1, 0.15) is 38.4 Å². The molecule has 4 heteroatoms. The second-order valence-electron chi connectivity index (χ2n) is 5.63. The average Bonchev–Trinajstić information content (AvgIpc) is 2.64. The highest BCUT2D eigenvalue weighted by Crippen LogP contribution is 2.40. The van der Waals surface area contributed by atoms with Crippen LogP contribution in [0.4, 0.5) is 0 Å². The van der Waals surface area contributed by atoms with Gasteiger partial charge in [-0.05, 0) is 12.8 Å². The van der Waals surface area contributed by atoms with Crippen molar-refractivity contribution in [3.63, 3.8) is 0 Å². The summed E-state index contributed by atoms with van der Waals surface area (Å²) < 4.78 is 1.87. The van der Waals surface area contributed by atoms with Crippen LogP contribution in [0.15, 0.2) is 6.20 Å². The number of hydrogen-bond donors (Lipinski definition) is 2. The zero-order chi connectivity index (χ0) is 12.6. The highest BCUT2D eigenvalue weighted by Gasteiger charge is 2.46. The van der Waals surface area contributed by atoms with Crippen molar-refractivity contribution in [3.05, 3.63) is 17.5 Å². The van der Waals surface area contributed by atoms with E-state index in [1.807, 2.05) is 11.7 Å². The Balaban J connectivity index is 1.94. The summed E-state index contributed by atoms with van der Waals surface area (Å²) in [5.74, 6) is 0. The van der Waals surface area contributed by atoms with Crippen LogP contribution in [0.2, 0.25) is 0 Å². The summed E-state index contributed by atoms with van der Waals surface area (Å²) >= 11 is 0. The molecule has 0 radical (unpaired) electrons. The van der Waals surface area contributed by atoms with Gasteiger partial charge in [-0.1, -0.05) is 20.8 Å². The fourth-order valence-electron chi connectivity index (χ4n) is 2.51. The Labute approximate surface area is 103 Å². The van der Waals surface area contributed by atoms with Gasteiger partial charge in [0.05, 0.1) is 11.8 Å². The molecule has 1 saturated carbocycles. The maximum Gasteiger partial charge on any atom is 0.0666 e. The van der Waals surface area contributed by atoms with E-state index in [1.165, 1.54) is 5.56 Å². The number of aryl methyl sites for hydroxylation is 2. The molecule has 0 saturated heterocycles. The molecule has 2 atom stereocenters. The first-order chi connectivity index (χ1) is 7.95. The molecule has 1 aliphatic rings. The van der Waals surface area contributed by atoms with Crippen molar-refractivity contribution in [1.29, 1.82) is 0 Å². The Morgan fingerprint density at radius 2 is 2.29 bits per heavy atom. The highest BCUT2D eigenvalue weighted by atomic mass is 16.3. The highest BCUT2D eigenvalue weighted by molar-refractivity contribution is 5.17. The number of aliphatic hydroxyl groups is 1. The molecule has 96 valence electrons. The average molecular weight is 237 g/mol. The molecular weight excluding hydrogens is 214 g/mol. The Morgan fingerprint density at radius 3 is 2.82 bits per heavy atom. The lowest BCUT2D eigenvalue weighted by Gasteiger charge is -2.49. The maximum atomic E-state index is 9.69. The van der Waals surface area contributed by atoms with Gasteiger partial charge < -0.3 is 10.4 Å². The van der Waals surface area contributed by atoms with Gasteiger partial charge in [0.15, 0.2) is 0 Å². The Bertz CT molecular complexity index is 397. The van der Waals surface area contributed by atoms with Gasteiger partial charge in [0.1, 0.15) is 0 Å². The molecule has 17 heavy (non-hydrogen) atoms. The molecule has 1 fully saturated rings. The topological polar surface area (TPSA) is 50.1 Å². The van der Waals surface area contributed by atoms with Crippen LogP contribution in [0.3, 0.4) is 0 Å². The van der Waals surface area contributed by atoms with Gasteiger partial charge in [-0.2, -0.15) is 5.10 Å². The monoisotopic (exact) mass is 237 g/mol. The van der Waals surface area contributed by atoms with E-state index >= 15 is 0 Å². The molecule has 1 aromatic heterocycles. The van der Waals surface area contributed by atoms with Crippen LogP contribution in [-0.4, -0.2) is 27.0 Å². The van der Waals surface area contributed by atoms with Crippen molar-refractivity contribution in [2.75, 3.05) is 0 Å². The standard InChI is InChI=1S/C13H23N3O/c1-5-10-9(8-16(4)15-10)7-14-11-6-12(17)13(11,2)3/h8,11-12,14,17H,5-7H2,1-4H3. The van der Waals surface area contributed by atoms with Crippen LogP contribution in [-0.2, 0) is 20.0 Å². The van der Waals surface area contributed by atoms with Crippen molar-refractivity contribution < 1.29 is 5.11 Å². The normalized spacial score (nSPS) is 26.9. The van der Waals surface area contributed by atoms with Crippen molar-refractivity contribution in [2.24, 2.45) is 12.5 Å². The molecule has 2 rings (SSSR count). The Morgan fingerprint density at radius 1 is 1.59 bits per heavy atom. The van der Waals surface area contributed by atoms with Gasteiger partial charge in [0.25, 0.3) is 0 Å². The molecule has 0 aliphatic heterocycles. The minimum absolute atomic E-state index is 0.00537. The molecule has 0 spiro atoms. The van der Waals surface area contributed by atoms with Gasteiger partial charge in [-0.3, -0.25) is 4.68 Å². The van der Waals surface area contributed by atoms with E-state index in [4.69, 9.17) is 0 Å². The summed E-state index contributed by atoms with van der Waals surface area (Å²) in [6.45, 7) is 7.20. The minimum Gasteiger partial charge on any atom is -0.392 e. The zero-order valence-electron chi connectivity index (χ0n) is 11.2. The fourth-order valence-corrected chi connectivity index (χ4v) is 2.51. The van der Waals surface area contributed by atoms with E-state index in [9.17, 15) is 5.11 Å². The smallest absolute Gasteiger partial charge is 0.0666 e. The SMILES string of the molecule is CCc1nn(C)cc1CNC1CC(O)C1(C)C. The first-order valence-corrected chi connectivity index (χ1v) is 6.38. The second kappa shape index (κ2) is 4.42. The molecule has 0 bridgehead atoms. The van der Waals surface area contributed by atoms with Crippen LogP contribution < -0.4 is 5.32 Å². The summed E-state index contributed by atoms with van der Waals surface area (Å²) in [4.78, 5) is 0. The second-order valence-corrected chi connectivity index (χ2v) is 5.63. The molecule has 1 aliphatic carbocycles. The van der Waals surface area contributed by atoms with Crippen LogP contribution in [0.25, 0.3) is 0 Å². The van der Waals surface area contributed by atoms with Gasteiger partial charge in [0, 0.05) is 36.8 Å². The summed E-state index contributed by atoms with van der Waals surface area (Å²) in [5, 5.41) is 17.7. The molecule has 0 aromatic carbocycles. The van der Waals surface area contributed by atoms with Crippen molar-refractivity contribution >= 4 is 0 Å². The van der Waals surface area contributed by atoms with Crippen LogP contribution >= 0.6 is 0 Å². The number of hydrogen-bond acceptors (Lipinski definition) is 3. The maximum absolute atomic E-state index is 9.69. The molecule has 1 heterocycles. The number of nitrogens with zero attached hydrogens (tertiary/aromatic N) is 2. The van der Waals surface area contributed by atoms with Crippen molar-refractivity contribution in [1.82, 2.24) is 15.1 Å². The first kappa shape index (κ1) is 12.6. The number of aromatic nitrogens is 2. The summed E-state index contributed by atoms with van der Waals surface area (Å²) in [5.41, 5.74) is 2.43. The van der Waals surface area contributed by atoms with Crippen LogP contribution in [0, 0.1) is 5.41 Å². The third kappa shape index (κ3) is 2.24. The van der Waals surface area contributed by atoms with Crippen molar-refractivity contribution in [3.8, 4) is 0 Å². The Kier molecular flexibility index (Phi) is 3.27. The molecule has 1 aromatic rings. The van der Waals surface area contributed by atoms with E-state index in [1.54, 1.807) is 0 Å². The minimum atomic E-state index is -0.167. The summed E-state index contributed by atoms with van der Waals surface area (Å²) in [6, 6.07) is 0.405. The fraction of sp³-hybridized carbons (Fsp3) is 0.769. The predicted octanol–water partition coefficient (Wildman–Crippen LogP) is 1.23. The van der Waals surface area contributed by atoms with E-state index in [0.717, 1.165) is 25.1 Å². The molecule has 2 unspecified atom stereocenters. The van der Waals surface area contributed by atoms with Crippen molar-refractivity contribution in [2.45, 2.75) is 52.3 Å². The van der Waals surface area contributed by atoms with E-state index in [0.29, 0.717) is 6.04 Å². The zero-order valence-corrected chi connectivity index (χ0v) is 11.2. The van der Waals surface area contributed by atoms with Crippen LogP contribution in [0.5, 0.6) is 0 Å². The lowest BCUT2D eigenvalue weighted by atomic mass is 9.64. The first-order valence-electron chi connectivity index (χ1n) is 6.38. The number of rotatable bonds is 4. The lowest BCUT2D eigenvalue weighted by Crippen LogP contribution is -2.59. The number of nitrogens with one attached hydrogen (secondary N) is 1. The van der Waals surface area contributed by atoms with Gasteiger partial charge in [0.2, 0.25) is 0 Å². The third-order valence-electron chi connectivity index (χ3n) is 4.08. The molecular formula is C13H23N3O. The predicted molar refractivity (Wildman–Crippen MR) is 67.6 cm³/mol. The number of aliphatic hydroxyl groups excluding tert-OH is 1.